The van der Waals surface area contributed by atoms with Gasteiger partial charge in [-0.05, 0) is 57.0 Å². The predicted molar refractivity (Wildman–Crippen MR) is 217 cm³/mol. The largest absolute Gasteiger partial charge is 0.455 e. The number of furan rings is 1. The van der Waals surface area contributed by atoms with Crippen molar-refractivity contribution in [2.24, 2.45) is 0 Å². The maximum Gasteiger partial charge on any atom is 0.164 e. The van der Waals surface area contributed by atoms with Gasteiger partial charge in [0.05, 0.1) is 0 Å². The second kappa shape index (κ2) is 12.9. The molecule has 4 heteroatoms. The van der Waals surface area contributed by atoms with E-state index in [-0.39, 0.29) is 0 Å². The highest BCUT2D eigenvalue weighted by Gasteiger charge is 2.18. The zero-order chi connectivity index (χ0) is 35.1. The van der Waals surface area contributed by atoms with E-state index in [1.165, 1.54) is 5.56 Å². The number of nitrogens with zero attached hydrogens (tertiary/aromatic N) is 3. The molecule has 0 radical (unpaired) electrons. The number of aromatic nitrogens is 3. The first kappa shape index (κ1) is 30.6. The highest BCUT2D eigenvalue weighted by molar-refractivity contribution is 6.22. The summed E-state index contributed by atoms with van der Waals surface area (Å²) in [6, 6.07) is 65.1. The van der Waals surface area contributed by atoms with Crippen LogP contribution >= 0.6 is 0 Å². The van der Waals surface area contributed by atoms with Crippen LogP contribution in [0, 0.1) is 0 Å². The van der Waals surface area contributed by atoms with Crippen LogP contribution in [0.15, 0.2) is 192 Å². The zero-order valence-electron chi connectivity index (χ0n) is 28.6. The fraction of sp³-hybridized carbons (Fsp3) is 0. The molecule has 4 nitrogen and oxygen atoms in total. The molecule has 0 saturated carbocycles. The molecule has 0 aliphatic rings. The van der Waals surface area contributed by atoms with Crippen molar-refractivity contribution in [3.05, 3.63) is 188 Å². The monoisotopic (exact) mass is 677 g/mol. The minimum Gasteiger partial charge on any atom is -0.455 e. The number of benzene rings is 8. The quantitative estimate of drug-likeness (QED) is 0.176. The Labute approximate surface area is 306 Å². The van der Waals surface area contributed by atoms with E-state index in [1.807, 2.05) is 36.4 Å². The second-order valence-electron chi connectivity index (χ2n) is 13.2. The fourth-order valence-electron chi connectivity index (χ4n) is 7.36. The van der Waals surface area contributed by atoms with Gasteiger partial charge >= 0.3 is 0 Å². The Morgan fingerprint density at radius 2 is 0.792 bits per heavy atom. The molecular weight excluding hydrogens is 647 g/mol. The van der Waals surface area contributed by atoms with Gasteiger partial charge in [-0.3, -0.25) is 0 Å². The Hall–Kier alpha value is -7.17. The van der Waals surface area contributed by atoms with Crippen LogP contribution in [-0.4, -0.2) is 15.0 Å². The zero-order valence-corrected chi connectivity index (χ0v) is 28.6. The number of hydrogen-bond acceptors (Lipinski definition) is 4. The molecule has 0 fully saturated rings. The van der Waals surface area contributed by atoms with Crippen molar-refractivity contribution in [1.82, 2.24) is 15.0 Å². The van der Waals surface area contributed by atoms with Crippen molar-refractivity contribution in [3.8, 4) is 67.5 Å². The second-order valence-corrected chi connectivity index (χ2v) is 13.2. The molecule has 0 unspecified atom stereocenters. The summed E-state index contributed by atoms with van der Waals surface area (Å²) in [5, 5.41) is 4.45. The van der Waals surface area contributed by atoms with E-state index in [1.54, 1.807) is 0 Å². The molecule has 10 rings (SSSR count). The van der Waals surface area contributed by atoms with Gasteiger partial charge in [-0.2, -0.15) is 0 Å². The van der Waals surface area contributed by atoms with E-state index in [9.17, 15) is 0 Å². The van der Waals surface area contributed by atoms with Crippen molar-refractivity contribution in [2.75, 3.05) is 0 Å². The van der Waals surface area contributed by atoms with Crippen molar-refractivity contribution in [1.29, 1.82) is 0 Å². The van der Waals surface area contributed by atoms with Crippen molar-refractivity contribution in [2.45, 2.75) is 0 Å². The molecule has 0 aliphatic heterocycles. The molecule has 0 N–H and O–H groups in total. The highest BCUT2D eigenvalue weighted by atomic mass is 16.3. The number of rotatable bonds is 6. The predicted octanol–water partition coefficient (Wildman–Crippen LogP) is 12.9. The summed E-state index contributed by atoms with van der Waals surface area (Å²) >= 11 is 0. The minimum absolute atomic E-state index is 0.624. The van der Waals surface area contributed by atoms with Crippen LogP contribution in [0.5, 0.6) is 0 Å². The molecule has 2 heterocycles. The van der Waals surface area contributed by atoms with Gasteiger partial charge < -0.3 is 4.42 Å². The Morgan fingerprint density at radius 3 is 1.49 bits per heavy atom. The SMILES string of the molecule is c1ccc(-c2cccc(-c3nc(-c4ccccc4)nc(-c4ccc(-c5cc6c(oc7cccc(-c8ccccc8)c76)c6ccccc56)cc4)n3)c2)cc1. The Kier molecular flexibility index (Phi) is 7.43. The molecule has 0 amide bonds. The van der Waals surface area contributed by atoms with Gasteiger partial charge in [0.25, 0.3) is 0 Å². The van der Waals surface area contributed by atoms with Crippen LogP contribution in [0.3, 0.4) is 0 Å². The van der Waals surface area contributed by atoms with Gasteiger partial charge in [0.15, 0.2) is 17.5 Å². The lowest BCUT2D eigenvalue weighted by atomic mass is 9.93. The van der Waals surface area contributed by atoms with E-state index in [4.69, 9.17) is 19.4 Å². The average molecular weight is 678 g/mol. The van der Waals surface area contributed by atoms with Crippen LogP contribution in [0.4, 0.5) is 0 Å². The summed E-state index contributed by atoms with van der Waals surface area (Å²) in [5.74, 6) is 1.89. The molecule has 0 atom stereocenters. The third kappa shape index (κ3) is 5.54. The fourth-order valence-corrected chi connectivity index (χ4v) is 7.36. The number of hydrogen-bond donors (Lipinski definition) is 0. The summed E-state index contributed by atoms with van der Waals surface area (Å²) in [5.41, 5.74) is 11.4. The molecule has 53 heavy (non-hydrogen) atoms. The molecule has 8 aromatic carbocycles. The summed E-state index contributed by atoms with van der Waals surface area (Å²) < 4.78 is 6.60. The lowest BCUT2D eigenvalue weighted by Gasteiger charge is -2.11. The molecule has 0 saturated heterocycles. The van der Waals surface area contributed by atoms with Crippen molar-refractivity contribution in [3.63, 3.8) is 0 Å². The summed E-state index contributed by atoms with van der Waals surface area (Å²) in [6.07, 6.45) is 0. The lowest BCUT2D eigenvalue weighted by molar-refractivity contribution is 0.673. The standard InChI is InChI=1S/C49H31N3O/c1-4-14-32(15-5-1)37-20-12-21-38(30-37)49-51-47(35-18-8-3-9-19-35)50-48(52-49)36-28-26-34(27-29-36)42-31-43-45-39(33-16-6-2-7-17-33)24-13-25-44(45)53-46(43)41-23-11-10-22-40(41)42/h1-31H. The van der Waals surface area contributed by atoms with E-state index < -0.39 is 0 Å². The number of fused-ring (bicyclic) bond motifs is 5. The van der Waals surface area contributed by atoms with Gasteiger partial charge in [0.2, 0.25) is 0 Å². The molecule has 10 aromatic rings. The summed E-state index contributed by atoms with van der Waals surface area (Å²) in [6.45, 7) is 0. The van der Waals surface area contributed by atoms with E-state index in [2.05, 4.69) is 152 Å². The maximum atomic E-state index is 6.60. The maximum absolute atomic E-state index is 6.60. The first-order valence-corrected chi connectivity index (χ1v) is 17.8. The first-order chi connectivity index (χ1) is 26.3. The van der Waals surface area contributed by atoms with E-state index in [0.717, 1.165) is 77.2 Å². The van der Waals surface area contributed by atoms with Crippen LogP contribution in [0.1, 0.15) is 0 Å². The summed E-state index contributed by atoms with van der Waals surface area (Å²) in [4.78, 5) is 15.0. The normalized spacial score (nSPS) is 11.4. The molecule has 0 aliphatic carbocycles. The Bertz CT molecular complexity index is 2920. The molecule has 248 valence electrons. The first-order valence-electron chi connectivity index (χ1n) is 17.8. The topological polar surface area (TPSA) is 51.8 Å². The Morgan fingerprint density at radius 1 is 0.302 bits per heavy atom. The van der Waals surface area contributed by atoms with E-state index in [0.29, 0.717) is 17.5 Å². The lowest BCUT2D eigenvalue weighted by Crippen LogP contribution is -2.00. The van der Waals surface area contributed by atoms with Crippen LogP contribution in [0.25, 0.3) is 100 Å². The van der Waals surface area contributed by atoms with Crippen molar-refractivity contribution < 1.29 is 4.42 Å². The molecule has 2 aromatic heterocycles. The van der Waals surface area contributed by atoms with Gasteiger partial charge in [0.1, 0.15) is 11.2 Å². The van der Waals surface area contributed by atoms with Gasteiger partial charge in [-0.15, -0.1) is 0 Å². The molecule has 0 bridgehead atoms. The van der Waals surface area contributed by atoms with Crippen LogP contribution < -0.4 is 0 Å². The van der Waals surface area contributed by atoms with Gasteiger partial charge in [0, 0.05) is 32.8 Å². The third-order valence-electron chi connectivity index (χ3n) is 9.94. The molecule has 0 spiro atoms. The highest BCUT2D eigenvalue weighted by Crippen LogP contribution is 2.43. The average Bonchev–Trinajstić information content (AvgIpc) is 3.63. The minimum atomic E-state index is 0.624. The third-order valence-corrected chi connectivity index (χ3v) is 9.94. The smallest absolute Gasteiger partial charge is 0.164 e. The van der Waals surface area contributed by atoms with Crippen LogP contribution in [-0.2, 0) is 0 Å². The van der Waals surface area contributed by atoms with E-state index >= 15 is 0 Å². The molecular formula is C49H31N3O. The van der Waals surface area contributed by atoms with Gasteiger partial charge in [-0.25, -0.2) is 15.0 Å². The van der Waals surface area contributed by atoms with Crippen molar-refractivity contribution >= 4 is 32.7 Å². The summed E-state index contributed by atoms with van der Waals surface area (Å²) in [7, 11) is 0. The van der Waals surface area contributed by atoms with Crippen LogP contribution in [0.2, 0.25) is 0 Å². The Balaban J connectivity index is 1.11. The van der Waals surface area contributed by atoms with Gasteiger partial charge in [-0.1, -0.05) is 170 Å².